The molecule has 1 aromatic heterocycles. The largest absolute Gasteiger partial charge is 0.489 e. The van der Waals surface area contributed by atoms with Crippen molar-refractivity contribution in [2.75, 3.05) is 6.61 Å². The molecular formula is C35H41FN2O6S. The molecule has 3 unspecified atom stereocenters. The van der Waals surface area contributed by atoms with Crippen LogP contribution < -0.4 is 18.9 Å². The van der Waals surface area contributed by atoms with Gasteiger partial charge in [-0.05, 0) is 115 Å². The Kier molecular flexibility index (Phi) is 8.29. The van der Waals surface area contributed by atoms with Gasteiger partial charge in [-0.25, -0.2) is 18.3 Å². The van der Waals surface area contributed by atoms with Crippen LogP contribution in [0.15, 0.2) is 48.5 Å². The van der Waals surface area contributed by atoms with Crippen molar-refractivity contribution < 1.29 is 32.7 Å². The van der Waals surface area contributed by atoms with Crippen molar-refractivity contribution in [1.82, 2.24) is 9.71 Å². The van der Waals surface area contributed by atoms with Gasteiger partial charge in [-0.15, -0.1) is 0 Å². The number of hydrogen-bond acceptors (Lipinski definition) is 7. The number of benzene rings is 2. The van der Waals surface area contributed by atoms with Crippen LogP contribution in [0.25, 0.3) is 11.3 Å². The van der Waals surface area contributed by atoms with Gasteiger partial charge in [-0.2, -0.15) is 0 Å². The molecule has 0 amide bonds. The first-order valence-electron chi connectivity index (χ1n) is 15.6. The first kappa shape index (κ1) is 31.6. The SMILES string of the molecule is CC(O)(CCC(=O)c1ccc(OC2CC2)c(OC2CC2)c1)c1cc2c(c(-c3ccc(F)cc3)n1)OCC2(C)NS(=O)C(C)(C)C. The number of nitrogens with one attached hydrogen (secondary N) is 1. The van der Waals surface area contributed by atoms with Gasteiger partial charge in [0, 0.05) is 23.1 Å². The van der Waals surface area contributed by atoms with E-state index in [0.717, 1.165) is 25.7 Å². The van der Waals surface area contributed by atoms with E-state index in [1.54, 1.807) is 43.3 Å². The standard InChI is InChI=1S/C35H41FN2O6S/c1-33(2,3)45(41)38-34(4)20-42-32-26(34)19-30(37-31(32)21-6-9-23(36)10-7-21)35(5,40)17-16-27(39)22-8-15-28(43-24-11-12-24)29(18-22)44-25-13-14-25/h6-10,15,18-19,24-25,38,40H,11-14,16-17,20H2,1-5H3. The predicted octanol–water partition coefficient (Wildman–Crippen LogP) is 6.50. The van der Waals surface area contributed by atoms with E-state index >= 15 is 0 Å². The van der Waals surface area contributed by atoms with E-state index in [4.69, 9.17) is 19.2 Å². The summed E-state index contributed by atoms with van der Waals surface area (Å²) in [5, 5.41) is 11.8. The first-order valence-corrected chi connectivity index (χ1v) is 16.7. The second kappa shape index (κ2) is 11.8. The Labute approximate surface area is 266 Å². The van der Waals surface area contributed by atoms with Crippen molar-refractivity contribution >= 4 is 16.8 Å². The van der Waals surface area contributed by atoms with Gasteiger partial charge in [0.05, 0.1) is 39.2 Å². The Balaban J connectivity index is 1.28. The van der Waals surface area contributed by atoms with Gasteiger partial charge in [0.25, 0.3) is 0 Å². The Bertz CT molecular complexity index is 1630. The van der Waals surface area contributed by atoms with Crippen LogP contribution in [0.1, 0.15) is 94.8 Å². The molecule has 0 spiro atoms. The molecule has 2 fully saturated rings. The quantitative estimate of drug-likeness (QED) is 0.219. The lowest BCUT2D eigenvalue weighted by Gasteiger charge is -2.30. The van der Waals surface area contributed by atoms with Crippen LogP contribution in [0, 0.1) is 5.82 Å². The third-order valence-corrected chi connectivity index (χ3v) is 10.1. The number of pyridine rings is 1. The number of carbonyl (C=O) groups excluding carboxylic acids is 1. The fourth-order valence-corrected chi connectivity index (χ4v) is 6.02. The van der Waals surface area contributed by atoms with E-state index < -0.39 is 26.9 Å². The molecule has 3 aliphatic rings. The number of aliphatic hydroxyl groups is 1. The summed E-state index contributed by atoms with van der Waals surface area (Å²) in [5.74, 6) is 1.21. The molecule has 0 radical (unpaired) electrons. The van der Waals surface area contributed by atoms with Gasteiger partial charge in [0.15, 0.2) is 23.0 Å². The lowest BCUT2D eigenvalue weighted by molar-refractivity contribution is 0.0396. The summed E-state index contributed by atoms with van der Waals surface area (Å²) in [5.41, 5.74) is 0.202. The Morgan fingerprint density at radius 2 is 1.69 bits per heavy atom. The molecular weight excluding hydrogens is 595 g/mol. The zero-order valence-electron chi connectivity index (χ0n) is 26.4. The third kappa shape index (κ3) is 7.08. The third-order valence-electron chi connectivity index (χ3n) is 8.36. The first-order chi connectivity index (χ1) is 21.2. The van der Waals surface area contributed by atoms with E-state index in [1.807, 2.05) is 27.7 Å². The zero-order valence-corrected chi connectivity index (χ0v) is 27.3. The minimum absolute atomic E-state index is 0.0589. The maximum atomic E-state index is 13.8. The molecule has 2 aliphatic carbocycles. The van der Waals surface area contributed by atoms with Crippen LogP contribution in [-0.2, 0) is 22.1 Å². The summed E-state index contributed by atoms with van der Waals surface area (Å²) in [6, 6.07) is 13.0. The number of rotatable bonds is 12. The molecule has 2 N–H and O–H groups in total. The smallest absolute Gasteiger partial charge is 0.163 e. The number of ketones is 1. The van der Waals surface area contributed by atoms with Crippen LogP contribution >= 0.6 is 0 Å². The number of Topliss-reactive ketones (excluding diaryl/α,β-unsaturated/α-hetero) is 1. The average Bonchev–Trinajstić information content (AvgIpc) is 3.93. The monoisotopic (exact) mass is 636 g/mol. The summed E-state index contributed by atoms with van der Waals surface area (Å²) in [7, 11) is -1.42. The highest BCUT2D eigenvalue weighted by Crippen LogP contribution is 2.45. The van der Waals surface area contributed by atoms with E-state index in [2.05, 4.69) is 4.72 Å². The maximum absolute atomic E-state index is 13.8. The fraction of sp³-hybridized carbons (Fsp3) is 0.486. The summed E-state index contributed by atoms with van der Waals surface area (Å²) < 4.78 is 47.9. The zero-order chi connectivity index (χ0) is 32.1. The highest BCUT2D eigenvalue weighted by molar-refractivity contribution is 7.84. The molecule has 2 aromatic carbocycles. The van der Waals surface area contributed by atoms with Gasteiger partial charge >= 0.3 is 0 Å². The van der Waals surface area contributed by atoms with Crippen LogP contribution in [-0.4, -0.2) is 43.6 Å². The highest BCUT2D eigenvalue weighted by Gasteiger charge is 2.43. The minimum Gasteiger partial charge on any atom is -0.489 e. The Morgan fingerprint density at radius 3 is 2.31 bits per heavy atom. The summed E-state index contributed by atoms with van der Waals surface area (Å²) in [6.45, 7) is 9.37. The molecule has 3 atom stereocenters. The summed E-state index contributed by atoms with van der Waals surface area (Å²) in [4.78, 5) is 18.2. The lowest BCUT2D eigenvalue weighted by atomic mass is 9.88. The van der Waals surface area contributed by atoms with Gasteiger partial charge < -0.3 is 19.3 Å². The number of halogens is 1. The molecule has 8 nitrogen and oxygen atoms in total. The van der Waals surface area contributed by atoms with Crippen molar-refractivity contribution in [3.05, 3.63) is 71.2 Å². The molecule has 6 rings (SSSR count). The van der Waals surface area contributed by atoms with Crippen molar-refractivity contribution in [1.29, 1.82) is 0 Å². The van der Waals surface area contributed by atoms with Gasteiger partial charge in [0.1, 0.15) is 23.7 Å². The maximum Gasteiger partial charge on any atom is 0.163 e. The van der Waals surface area contributed by atoms with Crippen molar-refractivity contribution in [3.8, 4) is 28.5 Å². The van der Waals surface area contributed by atoms with Crippen molar-refractivity contribution in [2.24, 2.45) is 0 Å². The molecule has 0 bridgehead atoms. The molecule has 2 saturated carbocycles. The molecule has 10 heteroatoms. The van der Waals surface area contributed by atoms with Crippen LogP contribution in [0.4, 0.5) is 4.39 Å². The van der Waals surface area contributed by atoms with Gasteiger partial charge in [-0.1, -0.05) is 0 Å². The molecule has 3 aromatic rings. The lowest BCUT2D eigenvalue weighted by Crippen LogP contribution is -2.47. The second-order valence-corrected chi connectivity index (χ2v) is 15.8. The van der Waals surface area contributed by atoms with E-state index in [0.29, 0.717) is 45.3 Å². The van der Waals surface area contributed by atoms with Crippen molar-refractivity contribution in [3.63, 3.8) is 0 Å². The van der Waals surface area contributed by atoms with Gasteiger partial charge in [-0.3, -0.25) is 4.79 Å². The van der Waals surface area contributed by atoms with Gasteiger partial charge in [0.2, 0.25) is 0 Å². The number of fused-ring (bicyclic) bond motifs is 1. The minimum atomic E-state index is -1.51. The highest BCUT2D eigenvalue weighted by atomic mass is 32.2. The number of hydrogen-bond donors (Lipinski definition) is 2. The summed E-state index contributed by atoms with van der Waals surface area (Å²) >= 11 is 0. The van der Waals surface area contributed by atoms with Crippen LogP contribution in [0.3, 0.4) is 0 Å². The molecule has 0 saturated heterocycles. The van der Waals surface area contributed by atoms with Crippen molar-refractivity contribution in [2.45, 2.75) is 101 Å². The topological polar surface area (TPSA) is 107 Å². The molecule has 240 valence electrons. The Morgan fingerprint density at radius 1 is 1.04 bits per heavy atom. The number of nitrogens with zero attached hydrogens (tertiary/aromatic N) is 1. The number of aromatic nitrogens is 1. The molecule has 2 heterocycles. The normalized spacial score (nSPS) is 21.4. The predicted molar refractivity (Wildman–Crippen MR) is 170 cm³/mol. The average molecular weight is 637 g/mol. The fourth-order valence-electron chi connectivity index (χ4n) is 5.14. The number of ether oxygens (including phenoxy) is 3. The Hall–Kier alpha value is -3.34. The number of carbonyl (C=O) groups is 1. The second-order valence-electron chi connectivity index (χ2n) is 13.8. The molecule has 45 heavy (non-hydrogen) atoms. The van der Waals surface area contributed by atoms with E-state index in [9.17, 15) is 18.5 Å². The summed E-state index contributed by atoms with van der Waals surface area (Å²) in [6.07, 6.45) is 4.54. The van der Waals surface area contributed by atoms with E-state index in [-0.39, 0.29) is 43.3 Å². The van der Waals surface area contributed by atoms with Crippen LogP contribution in [0.5, 0.6) is 17.2 Å². The van der Waals surface area contributed by atoms with Crippen LogP contribution in [0.2, 0.25) is 0 Å². The van der Waals surface area contributed by atoms with E-state index in [1.165, 1.54) is 12.1 Å². The molecule has 1 aliphatic heterocycles.